The lowest BCUT2D eigenvalue weighted by Crippen LogP contribution is -2.15. The summed E-state index contributed by atoms with van der Waals surface area (Å²) >= 11 is 0. The molecule has 0 fully saturated rings. The summed E-state index contributed by atoms with van der Waals surface area (Å²) < 4.78 is 130. The summed E-state index contributed by atoms with van der Waals surface area (Å²) in [4.78, 5) is 38.2. The highest BCUT2D eigenvalue weighted by molar-refractivity contribution is 7.91. The molecule has 0 aliphatic heterocycles. The maximum atomic E-state index is 12.9. The third-order valence-electron chi connectivity index (χ3n) is 7.67. The number of pyridine rings is 4. The van der Waals surface area contributed by atoms with E-state index in [-0.39, 0.29) is 81.7 Å². The molecule has 12 nitrogen and oxygen atoms in total. The molecule has 0 aromatic carbocycles. The van der Waals surface area contributed by atoms with Crippen LogP contribution in [0.2, 0.25) is 0 Å². The molecule has 4 aromatic heterocycles. The van der Waals surface area contributed by atoms with Crippen LogP contribution in [0.25, 0.3) is 0 Å². The molecule has 0 bridgehead atoms. The van der Waals surface area contributed by atoms with Crippen LogP contribution < -0.4 is 0 Å². The Kier molecular flexibility index (Phi) is 14.4. The fraction of sp³-hybridized carbons (Fsp3) is 0.353. The van der Waals surface area contributed by atoms with Gasteiger partial charge in [0.1, 0.15) is 11.4 Å². The van der Waals surface area contributed by atoms with Crippen molar-refractivity contribution in [2.75, 3.05) is 18.1 Å². The Labute approximate surface area is 306 Å². The van der Waals surface area contributed by atoms with Crippen molar-refractivity contribution in [3.05, 3.63) is 106 Å². The first-order valence-electron chi connectivity index (χ1n) is 16.0. The summed E-state index contributed by atoms with van der Waals surface area (Å²) in [6.45, 7) is 4.53. The van der Waals surface area contributed by atoms with E-state index in [9.17, 15) is 52.8 Å². The summed E-state index contributed by atoms with van der Waals surface area (Å²) in [5, 5.41) is 9.17. The monoisotopic (exact) mass is 804 g/mol. The van der Waals surface area contributed by atoms with Crippen molar-refractivity contribution in [2.45, 2.75) is 68.6 Å². The Bertz CT molecular complexity index is 2200. The highest BCUT2D eigenvalue weighted by atomic mass is 32.2. The standard InChI is InChI=1S/C18H19F3N2O4S.C16H15F3N2O4S/c1-3-27-17(24)13-10-16(18(19,20)21)23-11-12(13)7-8-14-15(6-5-9-22-14)28(25,26)4-2;1-2-26(24,25)13-4-3-7-20-12(13)6-5-10-9-21-14(16(17,18)19)8-11(10)15(22)23/h5-6,9-11H,3-4,7-8H2,1-2H3;3-4,7-9H,2,5-6H2,1H3,(H,22,23). The number of sulfone groups is 2. The molecule has 0 unspecified atom stereocenters. The number of carbonyl (C=O) groups is 2. The highest BCUT2D eigenvalue weighted by Gasteiger charge is 2.35. The van der Waals surface area contributed by atoms with Crippen molar-refractivity contribution in [3.8, 4) is 0 Å². The van der Waals surface area contributed by atoms with Gasteiger partial charge in [0.25, 0.3) is 0 Å². The topological polar surface area (TPSA) is 183 Å². The normalized spacial score (nSPS) is 12.1. The molecule has 0 aliphatic rings. The molecule has 4 rings (SSSR count). The summed E-state index contributed by atoms with van der Waals surface area (Å²) in [7, 11) is -7.04. The van der Waals surface area contributed by atoms with Gasteiger partial charge in [-0.25, -0.2) is 26.4 Å². The molecule has 20 heteroatoms. The molecular formula is C34H34F6N4O8S2. The number of aromatic carboxylic acids is 1. The summed E-state index contributed by atoms with van der Waals surface area (Å²) in [5.41, 5.74) is -2.49. The van der Waals surface area contributed by atoms with Crippen LogP contribution in [0.1, 0.15) is 75.4 Å². The lowest BCUT2D eigenvalue weighted by atomic mass is 10.0. The number of rotatable bonds is 13. The number of nitrogens with zero attached hydrogens (tertiary/aromatic N) is 4. The SMILES string of the molecule is CCOC(=O)c1cc(C(F)(F)F)ncc1CCc1ncccc1S(=O)(=O)CC.CCS(=O)(=O)c1cccnc1CCc1cnc(C(F)(F)F)cc1C(=O)O. The zero-order valence-corrected chi connectivity index (χ0v) is 30.5. The minimum absolute atomic E-state index is 0.00107. The Morgan fingerprint density at radius 1 is 0.667 bits per heavy atom. The van der Waals surface area contributed by atoms with E-state index in [0.29, 0.717) is 12.1 Å². The van der Waals surface area contributed by atoms with E-state index in [1.807, 2.05) is 0 Å². The second-order valence-corrected chi connectivity index (χ2v) is 15.7. The van der Waals surface area contributed by atoms with Gasteiger partial charge < -0.3 is 9.84 Å². The van der Waals surface area contributed by atoms with E-state index < -0.39 is 60.9 Å². The van der Waals surface area contributed by atoms with Gasteiger partial charge >= 0.3 is 24.3 Å². The summed E-state index contributed by atoms with van der Waals surface area (Å²) in [5.74, 6) is -2.65. The maximum absolute atomic E-state index is 12.9. The molecule has 0 saturated heterocycles. The summed E-state index contributed by atoms with van der Waals surface area (Å²) in [6.07, 6.45) is -4.62. The van der Waals surface area contributed by atoms with Crippen LogP contribution in [0.3, 0.4) is 0 Å². The van der Waals surface area contributed by atoms with Gasteiger partial charge in [-0.3, -0.25) is 19.9 Å². The number of ether oxygens (including phenoxy) is 1. The van der Waals surface area contributed by atoms with E-state index in [1.54, 1.807) is 6.92 Å². The molecule has 4 heterocycles. The van der Waals surface area contributed by atoms with Crippen LogP contribution >= 0.6 is 0 Å². The van der Waals surface area contributed by atoms with Gasteiger partial charge in [0.2, 0.25) is 0 Å². The minimum atomic E-state index is -4.76. The van der Waals surface area contributed by atoms with Crippen molar-refractivity contribution in [1.82, 2.24) is 19.9 Å². The van der Waals surface area contributed by atoms with E-state index in [0.717, 1.165) is 12.4 Å². The molecule has 1 N–H and O–H groups in total. The van der Waals surface area contributed by atoms with Gasteiger partial charge in [-0.05, 0) is 80.1 Å². The first-order chi connectivity index (χ1) is 25.2. The number of halogens is 6. The van der Waals surface area contributed by atoms with Crippen molar-refractivity contribution >= 4 is 31.6 Å². The number of aryl methyl sites for hydroxylation is 4. The Morgan fingerprint density at radius 3 is 1.44 bits per heavy atom. The van der Waals surface area contributed by atoms with Gasteiger partial charge in [-0.2, -0.15) is 26.3 Å². The number of carboxylic acids is 1. The van der Waals surface area contributed by atoms with Gasteiger partial charge in [0.15, 0.2) is 19.7 Å². The molecule has 0 spiro atoms. The van der Waals surface area contributed by atoms with E-state index >= 15 is 0 Å². The predicted octanol–water partition coefficient (Wildman–Crippen LogP) is 6.02. The molecule has 0 amide bonds. The maximum Gasteiger partial charge on any atom is 0.433 e. The lowest BCUT2D eigenvalue weighted by Gasteiger charge is -2.13. The number of alkyl halides is 6. The Balaban J connectivity index is 0.000000291. The fourth-order valence-corrected chi connectivity index (χ4v) is 7.10. The molecule has 54 heavy (non-hydrogen) atoms. The molecule has 4 aromatic rings. The fourth-order valence-electron chi connectivity index (χ4n) is 4.88. The molecule has 0 radical (unpaired) electrons. The lowest BCUT2D eigenvalue weighted by molar-refractivity contribution is -0.142. The van der Waals surface area contributed by atoms with Crippen LogP contribution in [0.5, 0.6) is 0 Å². The predicted molar refractivity (Wildman–Crippen MR) is 180 cm³/mol. The molecule has 0 aliphatic carbocycles. The van der Waals surface area contributed by atoms with Crippen molar-refractivity contribution in [1.29, 1.82) is 0 Å². The van der Waals surface area contributed by atoms with Gasteiger partial charge in [-0.15, -0.1) is 0 Å². The smallest absolute Gasteiger partial charge is 0.433 e. The van der Waals surface area contributed by atoms with Crippen LogP contribution in [0.4, 0.5) is 26.3 Å². The van der Waals surface area contributed by atoms with Crippen molar-refractivity contribution < 1.29 is 62.6 Å². The Hall–Kier alpha value is -4.98. The van der Waals surface area contributed by atoms with E-state index in [1.165, 1.54) is 50.5 Å². The van der Waals surface area contributed by atoms with E-state index in [2.05, 4.69) is 19.9 Å². The first-order valence-corrected chi connectivity index (χ1v) is 19.3. The molecular weight excluding hydrogens is 771 g/mol. The van der Waals surface area contributed by atoms with Crippen LogP contribution in [-0.4, -0.2) is 71.9 Å². The van der Waals surface area contributed by atoms with Crippen LogP contribution in [-0.2, 0) is 62.4 Å². The average molecular weight is 805 g/mol. The van der Waals surface area contributed by atoms with Gasteiger partial charge in [0, 0.05) is 24.8 Å². The average Bonchev–Trinajstić information content (AvgIpc) is 3.12. The number of esters is 1. The minimum Gasteiger partial charge on any atom is -0.478 e. The van der Waals surface area contributed by atoms with Crippen LogP contribution in [0.15, 0.2) is 71.0 Å². The number of aromatic nitrogens is 4. The number of hydrogen-bond acceptors (Lipinski definition) is 11. The van der Waals surface area contributed by atoms with Gasteiger partial charge in [0.05, 0.1) is 50.4 Å². The zero-order valence-electron chi connectivity index (χ0n) is 28.9. The second-order valence-electron chi connectivity index (χ2n) is 11.2. The largest absolute Gasteiger partial charge is 0.478 e. The molecule has 292 valence electrons. The molecule has 0 atom stereocenters. The third kappa shape index (κ3) is 11.3. The summed E-state index contributed by atoms with van der Waals surface area (Å²) in [6, 6.07) is 6.90. The third-order valence-corrected chi connectivity index (χ3v) is 11.3. The van der Waals surface area contributed by atoms with Gasteiger partial charge in [-0.1, -0.05) is 13.8 Å². The van der Waals surface area contributed by atoms with Crippen molar-refractivity contribution in [3.63, 3.8) is 0 Å². The number of hydrogen-bond donors (Lipinski definition) is 1. The number of carboxylic acid groups (broad SMARTS) is 1. The van der Waals surface area contributed by atoms with Crippen LogP contribution in [0, 0.1) is 0 Å². The Morgan fingerprint density at radius 2 is 1.07 bits per heavy atom. The van der Waals surface area contributed by atoms with E-state index in [4.69, 9.17) is 9.84 Å². The second kappa shape index (κ2) is 17.9. The number of carbonyl (C=O) groups excluding carboxylic acids is 1. The zero-order chi connectivity index (χ0) is 40.5. The molecule has 0 saturated carbocycles. The first kappa shape index (κ1) is 43.4. The quantitative estimate of drug-likeness (QED) is 0.123. The highest BCUT2D eigenvalue weighted by Crippen LogP contribution is 2.31. The van der Waals surface area contributed by atoms with Crippen molar-refractivity contribution in [2.24, 2.45) is 0 Å².